The van der Waals surface area contributed by atoms with Crippen molar-refractivity contribution in [1.82, 2.24) is 4.90 Å². The number of likely N-dealkylation sites (tertiary alicyclic amines) is 1. The second-order valence-electron chi connectivity index (χ2n) is 5.90. The van der Waals surface area contributed by atoms with Crippen molar-refractivity contribution in [1.29, 1.82) is 0 Å². The van der Waals surface area contributed by atoms with Gasteiger partial charge in [-0.3, -0.25) is 10.1 Å². The molecule has 2 atom stereocenters. The maximum Gasteiger partial charge on any atom is 0.222 e. The van der Waals surface area contributed by atoms with E-state index in [-0.39, 0.29) is 0 Å². The summed E-state index contributed by atoms with van der Waals surface area (Å²) in [6, 6.07) is 4.26. The summed E-state index contributed by atoms with van der Waals surface area (Å²) in [4.78, 5) is 2.54. The summed E-state index contributed by atoms with van der Waals surface area (Å²) in [5.74, 6) is 0.793. The van der Waals surface area contributed by atoms with Crippen molar-refractivity contribution in [2.45, 2.75) is 52.7 Å². The van der Waals surface area contributed by atoms with Crippen LogP contribution in [-0.2, 0) is 11.3 Å². The highest BCUT2D eigenvalue weighted by atomic mass is 16.5. The van der Waals surface area contributed by atoms with Crippen LogP contribution in [0.15, 0.2) is 24.5 Å². The molecule has 2 unspecified atom stereocenters. The Bertz CT molecular complexity index is 411. The van der Waals surface area contributed by atoms with Crippen molar-refractivity contribution in [3.05, 3.63) is 30.1 Å². The summed E-state index contributed by atoms with van der Waals surface area (Å²) in [6.07, 6.45) is 6.77. The number of pyridine rings is 1. The SMILES string of the molecule is CC.CCC1CC(COCc2cc[n+](O)cc2)N(CCCN)C1. The van der Waals surface area contributed by atoms with Crippen LogP contribution in [-0.4, -0.2) is 42.4 Å². The molecule has 1 fully saturated rings. The molecule has 0 spiro atoms. The molecule has 1 aliphatic rings. The molecule has 0 aromatic carbocycles. The number of aromatic nitrogens is 1. The number of hydrogen-bond acceptors (Lipinski definition) is 4. The molecule has 0 radical (unpaired) electrons. The molecule has 5 nitrogen and oxygen atoms in total. The van der Waals surface area contributed by atoms with Gasteiger partial charge >= 0.3 is 0 Å². The van der Waals surface area contributed by atoms with E-state index < -0.39 is 0 Å². The standard InChI is InChI=1S/C16H28N3O2.C2H6/c1-2-14-10-16(18(11-14)7-3-6-17)13-21-12-15-4-8-19(20)9-5-15;1-2/h4-5,8-9,14,16,20H,2-3,6-7,10-13,17H2,1H3;1-2H3/q+1;. The van der Waals surface area contributed by atoms with Gasteiger partial charge in [0.1, 0.15) is 0 Å². The van der Waals surface area contributed by atoms with Gasteiger partial charge in [0.2, 0.25) is 12.4 Å². The Balaban J connectivity index is 0.00000127. The number of hydrogen-bond donors (Lipinski definition) is 2. The largest absolute Gasteiger partial charge is 0.375 e. The molecule has 0 amide bonds. The van der Waals surface area contributed by atoms with Gasteiger partial charge in [0.25, 0.3) is 0 Å². The number of nitrogens with zero attached hydrogens (tertiary/aromatic N) is 2. The van der Waals surface area contributed by atoms with Crippen molar-refractivity contribution in [3.63, 3.8) is 0 Å². The van der Waals surface area contributed by atoms with Crippen LogP contribution in [0.3, 0.4) is 0 Å². The highest BCUT2D eigenvalue weighted by Crippen LogP contribution is 2.26. The van der Waals surface area contributed by atoms with Crippen LogP contribution in [0.2, 0.25) is 0 Å². The molecule has 23 heavy (non-hydrogen) atoms. The van der Waals surface area contributed by atoms with Gasteiger partial charge in [-0.25, -0.2) is 0 Å². The molecule has 0 aliphatic carbocycles. The molecular formula is C18H34N3O2+. The molecule has 1 aliphatic heterocycles. The highest BCUT2D eigenvalue weighted by Gasteiger charge is 2.30. The third-order valence-corrected chi connectivity index (χ3v) is 4.30. The Morgan fingerprint density at radius 1 is 1.35 bits per heavy atom. The maximum absolute atomic E-state index is 9.19. The predicted molar refractivity (Wildman–Crippen MR) is 92.3 cm³/mol. The minimum atomic E-state index is 0.521. The smallest absolute Gasteiger partial charge is 0.222 e. The Hall–Kier alpha value is -1.17. The molecular weight excluding hydrogens is 290 g/mol. The molecule has 2 rings (SSSR count). The van der Waals surface area contributed by atoms with Crippen LogP contribution >= 0.6 is 0 Å². The van der Waals surface area contributed by atoms with E-state index in [1.807, 2.05) is 26.0 Å². The van der Waals surface area contributed by atoms with Crippen LogP contribution < -0.4 is 10.5 Å². The molecule has 1 aromatic heterocycles. The number of nitrogens with two attached hydrogens (primary N) is 1. The van der Waals surface area contributed by atoms with E-state index in [1.54, 1.807) is 12.4 Å². The van der Waals surface area contributed by atoms with Gasteiger partial charge in [-0.1, -0.05) is 27.2 Å². The third kappa shape index (κ3) is 6.85. The average molecular weight is 324 g/mol. The minimum absolute atomic E-state index is 0.521. The van der Waals surface area contributed by atoms with Gasteiger partial charge in [-0.05, 0) is 37.4 Å². The normalized spacial score (nSPS) is 21.0. The van der Waals surface area contributed by atoms with E-state index in [2.05, 4.69) is 11.8 Å². The van der Waals surface area contributed by atoms with Crippen molar-refractivity contribution < 1.29 is 14.7 Å². The molecule has 132 valence electrons. The van der Waals surface area contributed by atoms with E-state index in [0.717, 1.165) is 42.3 Å². The third-order valence-electron chi connectivity index (χ3n) is 4.30. The van der Waals surface area contributed by atoms with Gasteiger partial charge < -0.3 is 10.5 Å². The Kier molecular flexibility index (Phi) is 9.83. The minimum Gasteiger partial charge on any atom is -0.375 e. The van der Waals surface area contributed by atoms with Crippen molar-refractivity contribution in [2.75, 3.05) is 26.2 Å². The summed E-state index contributed by atoms with van der Waals surface area (Å²) >= 11 is 0. The van der Waals surface area contributed by atoms with Crippen LogP contribution in [0.5, 0.6) is 0 Å². The highest BCUT2D eigenvalue weighted by molar-refractivity contribution is 5.05. The lowest BCUT2D eigenvalue weighted by Crippen LogP contribution is -2.34. The molecule has 3 N–H and O–H groups in total. The molecule has 5 heteroatoms. The zero-order valence-corrected chi connectivity index (χ0v) is 14.9. The predicted octanol–water partition coefficient (Wildman–Crippen LogP) is 2.20. The van der Waals surface area contributed by atoms with Crippen molar-refractivity contribution in [2.24, 2.45) is 11.7 Å². The summed E-state index contributed by atoms with van der Waals surface area (Å²) in [6.45, 7) is 10.7. The first-order valence-electron chi connectivity index (χ1n) is 8.94. The topological polar surface area (TPSA) is 62.6 Å². The van der Waals surface area contributed by atoms with E-state index in [9.17, 15) is 5.21 Å². The Morgan fingerprint density at radius 2 is 2.04 bits per heavy atom. The molecule has 1 aromatic rings. The molecule has 0 bridgehead atoms. The van der Waals surface area contributed by atoms with Crippen molar-refractivity contribution >= 4 is 0 Å². The summed E-state index contributed by atoms with van der Waals surface area (Å²) in [5.41, 5.74) is 6.71. The lowest BCUT2D eigenvalue weighted by atomic mass is 10.0. The average Bonchev–Trinajstić information content (AvgIpc) is 2.99. The molecule has 0 saturated carbocycles. The maximum atomic E-state index is 9.19. The fourth-order valence-corrected chi connectivity index (χ4v) is 2.99. The van der Waals surface area contributed by atoms with Crippen LogP contribution in [0.25, 0.3) is 0 Å². The molecule has 2 heterocycles. The summed E-state index contributed by atoms with van der Waals surface area (Å²) < 4.78 is 6.93. The van der Waals surface area contributed by atoms with Crippen LogP contribution in [0.4, 0.5) is 0 Å². The molecule has 1 saturated heterocycles. The van der Waals surface area contributed by atoms with Crippen LogP contribution in [0, 0.1) is 5.92 Å². The first-order valence-corrected chi connectivity index (χ1v) is 8.94. The van der Waals surface area contributed by atoms with Gasteiger partial charge in [0, 0.05) is 29.4 Å². The second kappa shape index (κ2) is 11.4. The van der Waals surface area contributed by atoms with Crippen LogP contribution in [0.1, 0.15) is 45.6 Å². The second-order valence-corrected chi connectivity index (χ2v) is 5.90. The lowest BCUT2D eigenvalue weighted by molar-refractivity contribution is -0.904. The zero-order chi connectivity index (χ0) is 17.1. The fourth-order valence-electron chi connectivity index (χ4n) is 2.99. The van der Waals surface area contributed by atoms with E-state index in [1.165, 1.54) is 19.4 Å². The summed E-state index contributed by atoms with van der Waals surface area (Å²) in [7, 11) is 0. The number of ether oxygens (including phenoxy) is 1. The van der Waals surface area contributed by atoms with Gasteiger partial charge in [0.15, 0.2) is 0 Å². The van der Waals surface area contributed by atoms with E-state index in [4.69, 9.17) is 10.5 Å². The van der Waals surface area contributed by atoms with E-state index in [0.29, 0.717) is 12.6 Å². The Morgan fingerprint density at radius 3 is 2.65 bits per heavy atom. The van der Waals surface area contributed by atoms with E-state index >= 15 is 0 Å². The first kappa shape index (κ1) is 19.9. The Labute approximate surface area is 141 Å². The quantitative estimate of drug-likeness (QED) is 0.568. The lowest BCUT2D eigenvalue weighted by Gasteiger charge is -2.24. The fraction of sp³-hybridized carbons (Fsp3) is 0.722. The summed E-state index contributed by atoms with van der Waals surface area (Å²) in [5, 5.41) is 9.19. The zero-order valence-electron chi connectivity index (χ0n) is 14.9. The van der Waals surface area contributed by atoms with Gasteiger partial charge in [0.05, 0.1) is 13.2 Å². The monoisotopic (exact) mass is 324 g/mol. The first-order chi connectivity index (χ1) is 11.2. The van der Waals surface area contributed by atoms with Crippen molar-refractivity contribution in [3.8, 4) is 0 Å². The van der Waals surface area contributed by atoms with Gasteiger partial charge in [-0.2, -0.15) is 0 Å². The van der Waals surface area contributed by atoms with Gasteiger partial charge in [-0.15, -0.1) is 0 Å². The number of rotatable bonds is 8.